The second-order valence-corrected chi connectivity index (χ2v) is 6.05. The van der Waals surface area contributed by atoms with Gasteiger partial charge in [-0.2, -0.15) is 0 Å². The van der Waals surface area contributed by atoms with Crippen LogP contribution in [0.5, 0.6) is 0 Å². The molecule has 0 spiro atoms. The second-order valence-electron chi connectivity index (χ2n) is 5.20. The summed E-state index contributed by atoms with van der Waals surface area (Å²) in [6, 6.07) is 9.17. The van der Waals surface area contributed by atoms with Gasteiger partial charge in [0.05, 0.1) is 19.3 Å². The van der Waals surface area contributed by atoms with Gasteiger partial charge in [0.15, 0.2) is 0 Å². The first-order chi connectivity index (χ1) is 9.15. The van der Waals surface area contributed by atoms with Crippen molar-refractivity contribution >= 4 is 15.9 Å². The molecule has 3 atom stereocenters. The van der Waals surface area contributed by atoms with E-state index in [0.717, 1.165) is 30.7 Å². The molecule has 1 aliphatic heterocycles. The molecule has 106 valence electrons. The van der Waals surface area contributed by atoms with Crippen molar-refractivity contribution in [1.29, 1.82) is 0 Å². The molecule has 4 heteroatoms. The van der Waals surface area contributed by atoms with E-state index in [4.69, 9.17) is 10.5 Å². The lowest BCUT2D eigenvalue weighted by Gasteiger charge is -2.42. The first-order valence-electron chi connectivity index (χ1n) is 6.98. The van der Waals surface area contributed by atoms with Crippen molar-refractivity contribution in [3.63, 3.8) is 0 Å². The lowest BCUT2D eigenvalue weighted by Crippen LogP contribution is -2.51. The van der Waals surface area contributed by atoms with Crippen LogP contribution in [-0.2, 0) is 4.74 Å². The fraction of sp³-hybridized carbons (Fsp3) is 0.600. The summed E-state index contributed by atoms with van der Waals surface area (Å²) < 4.78 is 6.74. The van der Waals surface area contributed by atoms with E-state index in [9.17, 15) is 0 Å². The summed E-state index contributed by atoms with van der Waals surface area (Å²) in [5.74, 6) is 0. The molecule has 3 unspecified atom stereocenters. The third-order valence-corrected chi connectivity index (χ3v) is 4.55. The zero-order valence-electron chi connectivity index (χ0n) is 11.7. The topological polar surface area (TPSA) is 38.5 Å². The van der Waals surface area contributed by atoms with Crippen LogP contribution in [0.15, 0.2) is 28.7 Å². The van der Waals surface area contributed by atoms with Gasteiger partial charge in [-0.3, -0.25) is 4.90 Å². The number of halogens is 1. The predicted octanol–water partition coefficient (Wildman–Crippen LogP) is 2.95. The van der Waals surface area contributed by atoms with Gasteiger partial charge < -0.3 is 10.5 Å². The Hall–Kier alpha value is -0.420. The standard InChI is InChI=1S/C15H23BrN2O/c1-3-12-10-19-9-8-18(12)15(11(2)17)13-6-4-5-7-14(13)16/h4-7,11-12,15H,3,8-10,17H2,1-2H3. The van der Waals surface area contributed by atoms with Crippen molar-refractivity contribution < 1.29 is 4.74 Å². The van der Waals surface area contributed by atoms with Crippen LogP contribution in [-0.4, -0.2) is 36.7 Å². The molecule has 3 nitrogen and oxygen atoms in total. The molecule has 1 aromatic carbocycles. The molecule has 1 heterocycles. The van der Waals surface area contributed by atoms with Crippen molar-refractivity contribution in [2.45, 2.75) is 38.4 Å². The molecule has 19 heavy (non-hydrogen) atoms. The van der Waals surface area contributed by atoms with Gasteiger partial charge in [0, 0.05) is 23.1 Å². The number of hydrogen-bond donors (Lipinski definition) is 1. The van der Waals surface area contributed by atoms with Crippen LogP contribution in [0.1, 0.15) is 31.9 Å². The van der Waals surface area contributed by atoms with Crippen LogP contribution in [0.2, 0.25) is 0 Å². The van der Waals surface area contributed by atoms with E-state index in [1.807, 2.05) is 6.07 Å². The number of ether oxygens (including phenoxy) is 1. The number of benzene rings is 1. The Balaban J connectivity index is 2.32. The average molecular weight is 327 g/mol. The van der Waals surface area contributed by atoms with Gasteiger partial charge in [-0.1, -0.05) is 41.1 Å². The molecule has 0 aliphatic carbocycles. The maximum absolute atomic E-state index is 6.28. The third kappa shape index (κ3) is 3.37. The quantitative estimate of drug-likeness (QED) is 0.924. The highest BCUT2D eigenvalue weighted by atomic mass is 79.9. The fourth-order valence-electron chi connectivity index (χ4n) is 2.87. The molecule has 0 bridgehead atoms. The van der Waals surface area contributed by atoms with Gasteiger partial charge >= 0.3 is 0 Å². The van der Waals surface area contributed by atoms with Gasteiger partial charge in [0.25, 0.3) is 0 Å². The predicted molar refractivity (Wildman–Crippen MR) is 82.1 cm³/mol. The second kappa shape index (κ2) is 6.84. The minimum absolute atomic E-state index is 0.0887. The Morgan fingerprint density at radius 2 is 2.21 bits per heavy atom. The summed E-state index contributed by atoms with van der Waals surface area (Å²) in [6.45, 7) is 6.86. The smallest absolute Gasteiger partial charge is 0.0622 e. The molecular weight excluding hydrogens is 304 g/mol. The summed E-state index contributed by atoms with van der Waals surface area (Å²) >= 11 is 3.66. The van der Waals surface area contributed by atoms with Crippen molar-refractivity contribution in [2.24, 2.45) is 5.73 Å². The number of morpholine rings is 1. The van der Waals surface area contributed by atoms with Crippen molar-refractivity contribution in [3.8, 4) is 0 Å². The van der Waals surface area contributed by atoms with Gasteiger partial charge in [0.1, 0.15) is 0 Å². The molecule has 0 saturated carbocycles. The summed E-state index contributed by atoms with van der Waals surface area (Å²) in [6.07, 6.45) is 1.09. The van der Waals surface area contributed by atoms with E-state index in [1.165, 1.54) is 5.56 Å². The summed E-state index contributed by atoms with van der Waals surface area (Å²) in [7, 11) is 0. The van der Waals surface area contributed by atoms with E-state index in [1.54, 1.807) is 0 Å². The van der Waals surface area contributed by atoms with Crippen molar-refractivity contribution in [3.05, 3.63) is 34.3 Å². The zero-order chi connectivity index (χ0) is 13.8. The highest BCUT2D eigenvalue weighted by Crippen LogP contribution is 2.32. The molecule has 1 aliphatic rings. The molecule has 1 fully saturated rings. The number of nitrogens with two attached hydrogens (primary N) is 1. The molecule has 2 N–H and O–H groups in total. The molecule has 1 saturated heterocycles. The minimum Gasteiger partial charge on any atom is -0.378 e. The molecule has 2 rings (SSSR count). The first kappa shape index (κ1) is 15.0. The zero-order valence-corrected chi connectivity index (χ0v) is 13.3. The maximum atomic E-state index is 6.28. The highest BCUT2D eigenvalue weighted by Gasteiger charge is 2.32. The fourth-order valence-corrected chi connectivity index (χ4v) is 3.38. The first-order valence-corrected chi connectivity index (χ1v) is 7.78. The van der Waals surface area contributed by atoms with Crippen LogP contribution >= 0.6 is 15.9 Å². The van der Waals surface area contributed by atoms with E-state index in [0.29, 0.717) is 6.04 Å². The Kier molecular flexibility index (Phi) is 5.39. The Bertz CT molecular complexity index is 411. The minimum atomic E-state index is 0.0887. The highest BCUT2D eigenvalue weighted by molar-refractivity contribution is 9.10. The van der Waals surface area contributed by atoms with Crippen LogP contribution in [0.3, 0.4) is 0 Å². The summed E-state index contributed by atoms with van der Waals surface area (Å²) in [4.78, 5) is 2.51. The Morgan fingerprint density at radius 1 is 1.47 bits per heavy atom. The number of rotatable bonds is 4. The van der Waals surface area contributed by atoms with Crippen LogP contribution in [0.4, 0.5) is 0 Å². The van der Waals surface area contributed by atoms with Gasteiger partial charge in [-0.25, -0.2) is 0 Å². The van der Waals surface area contributed by atoms with Crippen molar-refractivity contribution in [1.82, 2.24) is 4.90 Å². The normalized spacial score (nSPS) is 24.1. The van der Waals surface area contributed by atoms with Crippen LogP contribution < -0.4 is 5.73 Å². The van der Waals surface area contributed by atoms with Crippen molar-refractivity contribution in [2.75, 3.05) is 19.8 Å². The molecular formula is C15H23BrN2O. The van der Waals surface area contributed by atoms with Gasteiger partial charge in [-0.05, 0) is 25.0 Å². The van der Waals surface area contributed by atoms with Crippen LogP contribution in [0, 0.1) is 0 Å². The maximum Gasteiger partial charge on any atom is 0.0622 e. The van der Waals surface area contributed by atoms with Gasteiger partial charge in [-0.15, -0.1) is 0 Å². The molecule has 0 amide bonds. The SMILES string of the molecule is CCC1COCCN1C(c1ccccc1Br)C(C)N. The van der Waals surface area contributed by atoms with E-state index < -0.39 is 0 Å². The Morgan fingerprint density at radius 3 is 2.84 bits per heavy atom. The summed E-state index contributed by atoms with van der Waals surface area (Å²) in [5.41, 5.74) is 7.56. The monoisotopic (exact) mass is 326 g/mol. The summed E-state index contributed by atoms with van der Waals surface area (Å²) in [5, 5.41) is 0. The molecule has 0 aromatic heterocycles. The lowest BCUT2D eigenvalue weighted by atomic mass is 9.96. The van der Waals surface area contributed by atoms with Gasteiger partial charge in [0.2, 0.25) is 0 Å². The van der Waals surface area contributed by atoms with Crippen LogP contribution in [0.25, 0.3) is 0 Å². The Labute approximate surface area is 124 Å². The van der Waals surface area contributed by atoms with E-state index in [-0.39, 0.29) is 12.1 Å². The largest absolute Gasteiger partial charge is 0.378 e. The number of hydrogen-bond acceptors (Lipinski definition) is 3. The lowest BCUT2D eigenvalue weighted by molar-refractivity contribution is -0.0350. The average Bonchev–Trinajstić information content (AvgIpc) is 2.41. The third-order valence-electron chi connectivity index (χ3n) is 3.82. The van der Waals surface area contributed by atoms with E-state index >= 15 is 0 Å². The molecule has 0 radical (unpaired) electrons. The number of nitrogens with zero attached hydrogens (tertiary/aromatic N) is 1. The van der Waals surface area contributed by atoms with E-state index in [2.05, 4.69) is 52.9 Å². The molecule has 1 aromatic rings.